The lowest BCUT2D eigenvalue weighted by molar-refractivity contribution is -0.112. The Labute approximate surface area is 114 Å². The number of halogens is 1. The highest BCUT2D eigenvalue weighted by molar-refractivity contribution is 6.46. The van der Waals surface area contributed by atoms with Crippen LogP contribution < -0.4 is 10.1 Å². The van der Waals surface area contributed by atoms with Gasteiger partial charge < -0.3 is 15.0 Å². The van der Waals surface area contributed by atoms with Crippen LogP contribution in [0.4, 0.5) is 5.69 Å². The quantitative estimate of drug-likeness (QED) is 0.667. The molecule has 0 unspecified atom stereocenters. The molecule has 2 aromatic rings. The molecule has 1 aromatic heterocycles. The largest absolute Gasteiger partial charge is 0.495 e. The minimum atomic E-state index is -0.761. The third-order valence-electron chi connectivity index (χ3n) is 2.46. The van der Waals surface area contributed by atoms with Crippen molar-refractivity contribution in [2.75, 3.05) is 12.4 Å². The number of methoxy groups -OCH3 is 1. The summed E-state index contributed by atoms with van der Waals surface area (Å²) < 4.78 is 5.08. The highest BCUT2D eigenvalue weighted by Crippen LogP contribution is 2.27. The summed E-state index contributed by atoms with van der Waals surface area (Å²) in [6, 6.07) is 7.91. The van der Waals surface area contributed by atoms with Gasteiger partial charge in [-0.1, -0.05) is 11.6 Å². The van der Waals surface area contributed by atoms with E-state index in [-0.39, 0.29) is 5.69 Å². The van der Waals surface area contributed by atoms with Crippen molar-refractivity contribution in [3.8, 4) is 5.75 Å². The molecule has 0 fully saturated rings. The van der Waals surface area contributed by atoms with Crippen molar-refractivity contribution >= 4 is 29.0 Å². The highest BCUT2D eigenvalue weighted by Gasteiger charge is 2.18. The van der Waals surface area contributed by atoms with E-state index in [9.17, 15) is 9.59 Å². The number of aromatic nitrogens is 1. The molecule has 1 heterocycles. The third kappa shape index (κ3) is 2.95. The van der Waals surface area contributed by atoms with E-state index in [0.717, 1.165) is 0 Å². The maximum Gasteiger partial charge on any atom is 0.298 e. The van der Waals surface area contributed by atoms with Crippen LogP contribution in [-0.4, -0.2) is 23.8 Å². The van der Waals surface area contributed by atoms with Crippen molar-refractivity contribution in [3.05, 3.63) is 47.2 Å². The van der Waals surface area contributed by atoms with Gasteiger partial charge in [-0.05, 0) is 30.3 Å². The number of nitrogens with one attached hydrogen (secondary N) is 2. The highest BCUT2D eigenvalue weighted by atomic mass is 35.5. The van der Waals surface area contributed by atoms with Gasteiger partial charge in [-0.25, -0.2) is 0 Å². The molecule has 0 bridgehead atoms. The lowest BCUT2D eigenvalue weighted by Gasteiger charge is -2.09. The van der Waals surface area contributed by atoms with Crippen LogP contribution in [0, 0.1) is 0 Å². The normalized spacial score (nSPS) is 10.0. The van der Waals surface area contributed by atoms with Gasteiger partial charge >= 0.3 is 0 Å². The van der Waals surface area contributed by atoms with Crippen molar-refractivity contribution in [2.45, 2.75) is 0 Å². The molecule has 6 heteroatoms. The molecular formula is C13H11ClN2O3. The number of amides is 1. The Hall–Kier alpha value is -2.27. The SMILES string of the molecule is COc1ccc(Cl)cc1NC(=O)C(=O)c1ccc[nH]1. The minimum absolute atomic E-state index is 0.221. The molecule has 1 aromatic carbocycles. The molecule has 0 spiro atoms. The Balaban J connectivity index is 2.19. The Morgan fingerprint density at radius 3 is 2.74 bits per heavy atom. The summed E-state index contributed by atoms with van der Waals surface area (Å²) in [5.74, 6) is -0.993. The number of hydrogen-bond donors (Lipinski definition) is 2. The van der Waals surface area contributed by atoms with Crippen LogP contribution in [-0.2, 0) is 4.79 Å². The number of Topliss-reactive ketones (excluding diaryl/α,β-unsaturated/α-hetero) is 1. The Bertz CT molecular complexity index is 608. The van der Waals surface area contributed by atoms with E-state index < -0.39 is 11.7 Å². The molecule has 2 N–H and O–H groups in total. The molecule has 0 aliphatic carbocycles. The number of carbonyl (C=O) groups excluding carboxylic acids is 2. The first-order valence-electron chi connectivity index (χ1n) is 5.44. The summed E-state index contributed by atoms with van der Waals surface area (Å²) in [6.07, 6.45) is 1.57. The second-order valence-corrected chi connectivity index (χ2v) is 4.15. The van der Waals surface area contributed by atoms with E-state index in [4.69, 9.17) is 16.3 Å². The van der Waals surface area contributed by atoms with Crippen LogP contribution in [0.3, 0.4) is 0 Å². The van der Waals surface area contributed by atoms with Crippen molar-refractivity contribution in [3.63, 3.8) is 0 Å². The molecule has 19 heavy (non-hydrogen) atoms. The van der Waals surface area contributed by atoms with Gasteiger partial charge in [0.15, 0.2) is 0 Å². The number of anilines is 1. The summed E-state index contributed by atoms with van der Waals surface area (Å²) in [6.45, 7) is 0. The number of carbonyl (C=O) groups is 2. The fourth-order valence-corrected chi connectivity index (χ4v) is 1.72. The molecule has 0 saturated carbocycles. The average molecular weight is 279 g/mol. The zero-order chi connectivity index (χ0) is 13.8. The summed E-state index contributed by atoms with van der Waals surface area (Å²) in [5, 5.41) is 2.91. The fraction of sp³-hybridized carbons (Fsp3) is 0.0769. The lowest BCUT2D eigenvalue weighted by Crippen LogP contribution is -2.23. The molecule has 5 nitrogen and oxygen atoms in total. The van der Waals surface area contributed by atoms with Crippen LogP contribution in [0.15, 0.2) is 36.5 Å². The first-order valence-corrected chi connectivity index (χ1v) is 5.82. The molecule has 2 rings (SSSR count). The number of hydrogen-bond acceptors (Lipinski definition) is 3. The van der Waals surface area contributed by atoms with Crippen LogP contribution in [0.2, 0.25) is 5.02 Å². The zero-order valence-electron chi connectivity index (χ0n) is 10.1. The maximum absolute atomic E-state index is 11.8. The second kappa shape index (κ2) is 5.58. The molecule has 0 atom stereocenters. The van der Waals surface area contributed by atoms with Gasteiger partial charge in [-0.2, -0.15) is 0 Å². The molecule has 1 amide bonds. The number of H-pyrrole nitrogens is 1. The predicted molar refractivity (Wildman–Crippen MR) is 71.8 cm³/mol. The second-order valence-electron chi connectivity index (χ2n) is 3.71. The van der Waals surface area contributed by atoms with Crippen molar-refractivity contribution in [1.82, 2.24) is 4.98 Å². The van der Waals surface area contributed by atoms with E-state index in [0.29, 0.717) is 16.5 Å². The Morgan fingerprint density at radius 2 is 2.11 bits per heavy atom. The van der Waals surface area contributed by atoms with Gasteiger partial charge in [0.2, 0.25) is 0 Å². The number of ether oxygens (including phenoxy) is 1. The Morgan fingerprint density at radius 1 is 1.32 bits per heavy atom. The van der Waals surface area contributed by atoms with E-state index in [1.807, 2.05) is 0 Å². The van der Waals surface area contributed by atoms with Gasteiger partial charge in [0.1, 0.15) is 5.75 Å². The number of rotatable bonds is 4. The van der Waals surface area contributed by atoms with E-state index in [1.54, 1.807) is 24.4 Å². The van der Waals surface area contributed by atoms with Gasteiger partial charge in [-0.3, -0.25) is 9.59 Å². The van der Waals surface area contributed by atoms with Gasteiger partial charge in [0, 0.05) is 11.2 Å². The number of benzene rings is 1. The van der Waals surface area contributed by atoms with Crippen LogP contribution in [0.1, 0.15) is 10.5 Å². The smallest absolute Gasteiger partial charge is 0.298 e. The average Bonchev–Trinajstić information content (AvgIpc) is 2.92. The zero-order valence-corrected chi connectivity index (χ0v) is 10.8. The van der Waals surface area contributed by atoms with E-state index in [2.05, 4.69) is 10.3 Å². The number of aromatic amines is 1. The molecule has 0 saturated heterocycles. The Kier molecular flexibility index (Phi) is 3.87. The van der Waals surface area contributed by atoms with Crippen molar-refractivity contribution in [1.29, 1.82) is 0 Å². The predicted octanol–water partition coefficient (Wildman–Crippen LogP) is 2.50. The topological polar surface area (TPSA) is 71.2 Å². The van der Waals surface area contributed by atoms with Gasteiger partial charge in [-0.15, -0.1) is 0 Å². The van der Waals surface area contributed by atoms with Crippen LogP contribution in [0.5, 0.6) is 5.75 Å². The number of ketones is 1. The lowest BCUT2D eigenvalue weighted by atomic mass is 10.2. The van der Waals surface area contributed by atoms with Crippen LogP contribution in [0.25, 0.3) is 0 Å². The fourth-order valence-electron chi connectivity index (χ4n) is 1.55. The third-order valence-corrected chi connectivity index (χ3v) is 2.69. The van der Waals surface area contributed by atoms with Crippen LogP contribution >= 0.6 is 11.6 Å². The molecule has 0 aliphatic rings. The molecule has 0 aliphatic heterocycles. The van der Waals surface area contributed by atoms with Crippen molar-refractivity contribution in [2.24, 2.45) is 0 Å². The van der Waals surface area contributed by atoms with E-state index >= 15 is 0 Å². The minimum Gasteiger partial charge on any atom is -0.495 e. The molecule has 0 radical (unpaired) electrons. The van der Waals surface area contributed by atoms with Gasteiger partial charge in [0.05, 0.1) is 18.5 Å². The summed E-state index contributed by atoms with van der Waals surface area (Å²) in [7, 11) is 1.46. The van der Waals surface area contributed by atoms with Gasteiger partial charge in [0.25, 0.3) is 11.7 Å². The maximum atomic E-state index is 11.8. The first kappa shape index (κ1) is 13.2. The summed E-state index contributed by atoms with van der Waals surface area (Å²) >= 11 is 5.84. The summed E-state index contributed by atoms with van der Waals surface area (Å²) in [4.78, 5) is 26.3. The molecular weight excluding hydrogens is 268 g/mol. The standard InChI is InChI=1S/C13H11ClN2O3/c1-19-11-5-4-8(14)7-10(11)16-13(18)12(17)9-3-2-6-15-9/h2-7,15H,1H3,(H,16,18). The van der Waals surface area contributed by atoms with Crippen molar-refractivity contribution < 1.29 is 14.3 Å². The monoisotopic (exact) mass is 278 g/mol. The first-order chi connectivity index (χ1) is 9.11. The molecule has 98 valence electrons. The van der Waals surface area contributed by atoms with E-state index in [1.165, 1.54) is 19.2 Å². The summed E-state index contributed by atoms with van der Waals surface area (Å²) in [5.41, 5.74) is 0.568.